The Bertz CT molecular complexity index is 603. The average Bonchev–Trinajstić information content (AvgIpc) is 2.46. The van der Waals surface area contributed by atoms with Crippen LogP contribution in [-0.2, 0) is 0 Å². The lowest BCUT2D eigenvalue weighted by atomic mass is 10.1. The molecule has 2 N–H and O–H groups in total. The number of nitrogens with zero attached hydrogens (tertiary/aromatic N) is 1. The van der Waals surface area contributed by atoms with Crippen molar-refractivity contribution in [2.75, 3.05) is 11.9 Å². The topological polar surface area (TPSA) is 65.3 Å². The monoisotopic (exact) mass is 268 g/mol. The predicted molar refractivity (Wildman–Crippen MR) is 77.7 cm³/mol. The van der Waals surface area contributed by atoms with Gasteiger partial charge in [-0.25, -0.2) is 0 Å². The SMILES string of the molecule is CC(Nc1ccc(OCC#N)cc1)c1cccc(O)c1. The van der Waals surface area contributed by atoms with Gasteiger partial charge in [-0.1, -0.05) is 12.1 Å². The summed E-state index contributed by atoms with van der Waals surface area (Å²) in [5, 5.41) is 21.3. The quantitative estimate of drug-likeness (QED) is 0.871. The molecule has 4 nitrogen and oxygen atoms in total. The predicted octanol–water partition coefficient (Wildman–Crippen LogP) is 3.47. The van der Waals surface area contributed by atoms with E-state index in [2.05, 4.69) is 5.32 Å². The minimum atomic E-state index is 0.0481. The van der Waals surface area contributed by atoms with Crippen molar-refractivity contribution >= 4 is 5.69 Å². The first kappa shape index (κ1) is 13.8. The Balaban J connectivity index is 2.01. The van der Waals surface area contributed by atoms with Gasteiger partial charge in [0.15, 0.2) is 6.61 Å². The molecule has 0 aliphatic heterocycles. The van der Waals surface area contributed by atoms with Crippen molar-refractivity contribution in [3.8, 4) is 17.6 Å². The van der Waals surface area contributed by atoms with Crippen LogP contribution in [0.25, 0.3) is 0 Å². The third kappa shape index (κ3) is 3.66. The third-order valence-corrected chi connectivity index (χ3v) is 2.91. The Morgan fingerprint density at radius 2 is 2.00 bits per heavy atom. The largest absolute Gasteiger partial charge is 0.508 e. The molecule has 0 heterocycles. The molecule has 2 rings (SSSR count). The highest BCUT2D eigenvalue weighted by Crippen LogP contribution is 2.23. The number of hydrogen-bond donors (Lipinski definition) is 2. The number of anilines is 1. The fourth-order valence-corrected chi connectivity index (χ4v) is 1.89. The minimum absolute atomic E-state index is 0.0481. The molecule has 0 saturated carbocycles. The van der Waals surface area contributed by atoms with E-state index in [0.29, 0.717) is 5.75 Å². The summed E-state index contributed by atoms with van der Waals surface area (Å²) in [7, 11) is 0. The Hall–Kier alpha value is -2.67. The summed E-state index contributed by atoms with van der Waals surface area (Å²) in [6, 6.07) is 16.6. The minimum Gasteiger partial charge on any atom is -0.508 e. The van der Waals surface area contributed by atoms with Crippen LogP contribution in [0.5, 0.6) is 11.5 Å². The molecule has 4 heteroatoms. The van der Waals surface area contributed by atoms with Crippen LogP contribution in [0.15, 0.2) is 48.5 Å². The first-order chi connectivity index (χ1) is 9.69. The van der Waals surface area contributed by atoms with Gasteiger partial charge < -0.3 is 15.2 Å². The molecule has 0 bridgehead atoms. The zero-order chi connectivity index (χ0) is 14.4. The molecule has 0 aromatic heterocycles. The van der Waals surface area contributed by atoms with E-state index in [1.165, 1.54) is 0 Å². The smallest absolute Gasteiger partial charge is 0.174 e. The molecule has 0 radical (unpaired) electrons. The summed E-state index contributed by atoms with van der Waals surface area (Å²) in [4.78, 5) is 0. The maximum Gasteiger partial charge on any atom is 0.174 e. The number of nitriles is 1. The van der Waals surface area contributed by atoms with E-state index in [4.69, 9.17) is 10.00 Å². The Morgan fingerprint density at radius 3 is 2.65 bits per heavy atom. The van der Waals surface area contributed by atoms with Crippen molar-refractivity contribution in [3.63, 3.8) is 0 Å². The number of hydrogen-bond acceptors (Lipinski definition) is 4. The average molecular weight is 268 g/mol. The Morgan fingerprint density at radius 1 is 1.25 bits per heavy atom. The zero-order valence-electron chi connectivity index (χ0n) is 11.2. The Kier molecular flexibility index (Phi) is 4.46. The molecule has 2 aromatic carbocycles. The van der Waals surface area contributed by atoms with Gasteiger partial charge in [0.1, 0.15) is 17.6 Å². The summed E-state index contributed by atoms with van der Waals surface area (Å²) in [5.41, 5.74) is 1.96. The van der Waals surface area contributed by atoms with Crippen molar-refractivity contribution in [2.45, 2.75) is 13.0 Å². The van der Waals surface area contributed by atoms with E-state index in [0.717, 1.165) is 11.3 Å². The van der Waals surface area contributed by atoms with E-state index in [9.17, 15) is 5.11 Å². The number of ether oxygens (including phenoxy) is 1. The van der Waals surface area contributed by atoms with Gasteiger partial charge in [-0.2, -0.15) is 5.26 Å². The lowest BCUT2D eigenvalue weighted by Crippen LogP contribution is -2.06. The highest BCUT2D eigenvalue weighted by Gasteiger charge is 2.06. The lowest BCUT2D eigenvalue weighted by Gasteiger charge is -2.16. The molecule has 20 heavy (non-hydrogen) atoms. The van der Waals surface area contributed by atoms with Gasteiger partial charge in [0, 0.05) is 11.7 Å². The number of nitrogens with one attached hydrogen (secondary N) is 1. The van der Waals surface area contributed by atoms with E-state index in [-0.39, 0.29) is 18.4 Å². The van der Waals surface area contributed by atoms with E-state index >= 15 is 0 Å². The second-order valence-corrected chi connectivity index (χ2v) is 4.43. The van der Waals surface area contributed by atoms with Gasteiger partial charge in [0.05, 0.1) is 0 Å². The summed E-state index contributed by atoms with van der Waals surface area (Å²) in [6.07, 6.45) is 0. The number of aromatic hydroxyl groups is 1. The van der Waals surface area contributed by atoms with Crippen LogP contribution in [0.2, 0.25) is 0 Å². The first-order valence-electron chi connectivity index (χ1n) is 6.34. The molecular weight excluding hydrogens is 252 g/mol. The third-order valence-electron chi connectivity index (χ3n) is 2.91. The summed E-state index contributed by atoms with van der Waals surface area (Å²) < 4.78 is 5.19. The lowest BCUT2D eigenvalue weighted by molar-refractivity contribution is 0.368. The van der Waals surface area contributed by atoms with Crippen molar-refractivity contribution < 1.29 is 9.84 Å². The summed E-state index contributed by atoms with van der Waals surface area (Å²) >= 11 is 0. The fourth-order valence-electron chi connectivity index (χ4n) is 1.89. The highest BCUT2D eigenvalue weighted by atomic mass is 16.5. The van der Waals surface area contributed by atoms with Crippen molar-refractivity contribution in [3.05, 3.63) is 54.1 Å². The molecule has 0 saturated heterocycles. The van der Waals surface area contributed by atoms with Crippen LogP contribution >= 0.6 is 0 Å². The van der Waals surface area contributed by atoms with Gasteiger partial charge in [-0.15, -0.1) is 0 Å². The number of benzene rings is 2. The molecular formula is C16H16N2O2. The second-order valence-electron chi connectivity index (χ2n) is 4.43. The van der Waals surface area contributed by atoms with Gasteiger partial charge >= 0.3 is 0 Å². The molecule has 0 aliphatic rings. The van der Waals surface area contributed by atoms with E-state index < -0.39 is 0 Å². The van der Waals surface area contributed by atoms with E-state index in [1.807, 2.05) is 49.4 Å². The zero-order valence-corrected chi connectivity index (χ0v) is 11.2. The second kappa shape index (κ2) is 6.48. The first-order valence-corrected chi connectivity index (χ1v) is 6.34. The molecule has 0 fully saturated rings. The fraction of sp³-hybridized carbons (Fsp3) is 0.188. The summed E-state index contributed by atoms with van der Waals surface area (Å²) in [6.45, 7) is 2.07. The van der Waals surface area contributed by atoms with Gasteiger partial charge in [-0.05, 0) is 48.9 Å². The van der Waals surface area contributed by atoms with Crippen LogP contribution in [0, 0.1) is 11.3 Å². The van der Waals surface area contributed by atoms with Crippen LogP contribution < -0.4 is 10.1 Å². The molecule has 0 spiro atoms. The normalized spacial score (nSPS) is 11.4. The highest BCUT2D eigenvalue weighted by molar-refractivity contribution is 5.48. The van der Waals surface area contributed by atoms with Crippen molar-refractivity contribution in [1.29, 1.82) is 5.26 Å². The van der Waals surface area contributed by atoms with Gasteiger partial charge in [-0.3, -0.25) is 0 Å². The van der Waals surface area contributed by atoms with Crippen LogP contribution in [0.3, 0.4) is 0 Å². The van der Waals surface area contributed by atoms with Crippen molar-refractivity contribution in [2.24, 2.45) is 0 Å². The standard InChI is InChI=1S/C16H16N2O2/c1-12(13-3-2-4-15(19)11-13)18-14-5-7-16(8-6-14)20-10-9-17/h2-8,11-12,18-19H,10H2,1H3. The summed E-state index contributed by atoms with van der Waals surface area (Å²) in [5.74, 6) is 0.929. The Labute approximate surface area is 118 Å². The van der Waals surface area contributed by atoms with Gasteiger partial charge in [0.2, 0.25) is 0 Å². The molecule has 2 aromatic rings. The molecule has 1 atom stereocenters. The molecule has 1 unspecified atom stereocenters. The van der Waals surface area contributed by atoms with Crippen LogP contribution in [0.1, 0.15) is 18.5 Å². The van der Waals surface area contributed by atoms with Crippen LogP contribution in [0.4, 0.5) is 5.69 Å². The van der Waals surface area contributed by atoms with Gasteiger partial charge in [0.25, 0.3) is 0 Å². The molecule has 0 aliphatic carbocycles. The maximum atomic E-state index is 9.48. The van der Waals surface area contributed by atoms with E-state index in [1.54, 1.807) is 12.1 Å². The maximum absolute atomic E-state index is 9.48. The van der Waals surface area contributed by atoms with Crippen molar-refractivity contribution in [1.82, 2.24) is 0 Å². The number of phenolic OH excluding ortho intramolecular Hbond substituents is 1. The van der Waals surface area contributed by atoms with Crippen LogP contribution in [-0.4, -0.2) is 11.7 Å². The number of rotatable bonds is 5. The molecule has 0 amide bonds. The number of phenols is 1. The molecule has 102 valence electrons.